The Balaban J connectivity index is 2.53. The lowest BCUT2D eigenvalue weighted by atomic mass is 9.93. The van der Waals surface area contributed by atoms with Crippen molar-refractivity contribution in [3.63, 3.8) is 0 Å². The number of rotatable bonds is 7. The summed E-state index contributed by atoms with van der Waals surface area (Å²) >= 11 is 0. The third-order valence-electron chi connectivity index (χ3n) is 3.67. The van der Waals surface area contributed by atoms with Gasteiger partial charge in [0.25, 0.3) is 0 Å². The number of hydrogen-bond donors (Lipinski definition) is 1. The minimum atomic E-state index is -0.757. The third-order valence-corrected chi connectivity index (χ3v) is 3.67. The zero-order valence-corrected chi connectivity index (χ0v) is 12.4. The lowest BCUT2D eigenvalue weighted by Crippen LogP contribution is -2.47. The van der Waals surface area contributed by atoms with Crippen LogP contribution in [0.4, 0.5) is 4.79 Å². The number of urea groups is 1. The highest BCUT2D eigenvalue weighted by Crippen LogP contribution is 2.22. The Morgan fingerprint density at radius 3 is 2.85 bits per heavy atom. The van der Waals surface area contributed by atoms with Crippen molar-refractivity contribution in [1.82, 2.24) is 9.80 Å². The van der Waals surface area contributed by atoms with Gasteiger partial charge in [-0.15, -0.1) is 6.58 Å². The molecular weight excluding hydrogens is 256 g/mol. The first-order valence-electron chi connectivity index (χ1n) is 7.45. The van der Waals surface area contributed by atoms with E-state index in [9.17, 15) is 9.59 Å². The van der Waals surface area contributed by atoms with Gasteiger partial charge in [0.05, 0.1) is 0 Å². The number of nitrogens with zero attached hydrogens (tertiary/aromatic N) is 2. The van der Waals surface area contributed by atoms with Crippen LogP contribution in [0, 0.1) is 5.92 Å². The molecule has 1 saturated heterocycles. The molecule has 1 N–H and O–H groups in total. The molecule has 0 saturated carbocycles. The molecule has 114 valence electrons. The summed E-state index contributed by atoms with van der Waals surface area (Å²) in [5, 5.41) is 8.75. The van der Waals surface area contributed by atoms with Gasteiger partial charge in [0.15, 0.2) is 0 Å². The van der Waals surface area contributed by atoms with Gasteiger partial charge in [-0.05, 0) is 31.6 Å². The number of likely N-dealkylation sites (tertiary alicyclic amines) is 1. The van der Waals surface area contributed by atoms with E-state index in [4.69, 9.17) is 5.11 Å². The minimum absolute atomic E-state index is 0.0618. The highest BCUT2D eigenvalue weighted by Gasteiger charge is 2.26. The Labute approximate surface area is 121 Å². The number of carboxylic acids is 1. The van der Waals surface area contributed by atoms with E-state index in [1.165, 1.54) is 0 Å². The van der Waals surface area contributed by atoms with E-state index in [1.54, 1.807) is 6.08 Å². The van der Waals surface area contributed by atoms with Crippen LogP contribution in [0.15, 0.2) is 12.7 Å². The summed E-state index contributed by atoms with van der Waals surface area (Å²) in [6.45, 7) is 8.52. The van der Waals surface area contributed by atoms with Crippen molar-refractivity contribution in [2.24, 2.45) is 5.92 Å². The van der Waals surface area contributed by atoms with Gasteiger partial charge in [0, 0.05) is 32.6 Å². The summed E-state index contributed by atoms with van der Waals surface area (Å²) in [7, 11) is 0. The molecule has 1 aliphatic rings. The van der Waals surface area contributed by atoms with Crippen LogP contribution in [0.3, 0.4) is 0 Å². The molecule has 2 amide bonds. The fourth-order valence-electron chi connectivity index (χ4n) is 2.69. The van der Waals surface area contributed by atoms with Gasteiger partial charge in [-0.25, -0.2) is 4.79 Å². The highest BCUT2D eigenvalue weighted by molar-refractivity contribution is 5.74. The van der Waals surface area contributed by atoms with E-state index < -0.39 is 5.97 Å². The van der Waals surface area contributed by atoms with Crippen LogP contribution in [0.5, 0.6) is 0 Å². The molecule has 0 aromatic rings. The number of piperidine rings is 1. The van der Waals surface area contributed by atoms with Crippen LogP contribution in [-0.2, 0) is 4.79 Å². The van der Waals surface area contributed by atoms with Crippen LogP contribution in [0.1, 0.15) is 39.0 Å². The molecule has 0 aromatic heterocycles. The van der Waals surface area contributed by atoms with Crippen LogP contribution in [-0.4, -0.2) is 53.1 Å². The Kier molecular flexibility index (Phi) is 7.12. The summed E-state index contributed by atoms with van der Waals surface area (Å²) in [6, 6.07) is 0.0618. The van der Waals surface area contributed by atoms with Crippen molar-refractivity contribution in [3.8, 4) is 0 Å². The van der Waals surface area contributed by atoms with Crippen molar-refractivity contribution in [2.45, 2.75) is 39.0 Å². The maximum Gasteiger partial charge on any atom is 0.320 e. The molecule has 1 heterocycles. The minimum Gasteiger partial charge on any atom is -0.481 e. The molecular formula is C15H26N2O3. The third kappa shape index (κ3) is 5.23. The zero-order valence-electron chi connectivity index (χ0n) is 12.4. The van der Waals surface area contributed by atoms with Crippen molar-refractivity contribution in [1.29, 1.82) is 0 Å². The topological polar surface area (TPSA) is 60.9 Å². The van der Waals surface area contributed by atoms with Gasteiger partial charge < -0.3 is 14.9 Å². The smallest absolute Gasteiger partial charge is 0.320 e. The van der Waals surface area contributed by atoms with Gasteiger partial charge in [0.2, 0.25) is 0 Å². The molecule has 0 aromatic carbocycles. The Morgan fingerprint density at radius 2 is 2.25 bits per heavy atom. The molecule has 1 atom stereocenters. The van der Waals surface area contributed by atoms with Crippen LogP contribution in [0.2, 0.25) is 0 Å². The normalized spacial score (nSPS) is 18.6. The molecule has 0 aliphatic carbocycles. The molecule has 20 heavy (non-hydrogen) atoms. The molecule has 1 fully saturated rings. The number of aliphatic carboxylic acids is 1. The first-order chi connectivity index (χ1) is 9.58. The molecule has 1 unspecified atom stereocenters. The number of amides is 2. The molecule has 0 spiro atoms. The second kappa shape index (κ2) is 8.61. The predicted octanol–water partition coefficient (Wildman–Crippen LogP) is 2.58. The van der Waals surface area contributed by atoms with E-state index in [2.05, 4.69) is 13.5 Å². The lowest BCUT2D eigenvalue weighted by molar-refractivity contribution is -0.137. The van der Waals surface area contributed by atoms with E-state index in [0.29, 0.717) is 25.4 Å². The number of carbonyl (C=O) groups is 2. The number of hydrogen-bond acceptors (Lipinski definition) is 2. The Hall–Kier alpha value is -1.52. The van der Waals surface area contributed by atoms with Gasteiger partial charge in [-0.2, -0.15) is 0 Å². The van der Waals surface area contributed by atoms with Crippen LogP contribution < -0.4 is 0 Å². The molecule has 5 nitrogen and oxygen atoms in total. The molecule has 1 aliphatic heterocycles. The summed E-state index contributed by atoms with van der Waals surface area (Å²) in [6.07, 6.45) is 5.51. The maximum absolute atomic E-state index is 12.4. The van der Waals surface area contributed by atoms with Gasteiger partial charge in [-0.3, -0.25) is 4.79 Å². The Morgan fingerprint density at radius 1 is 1.50 bits per heavy atom. The van der Waals surface area contributed by atoms with E-state index in [0.717, 1.165) is 32.4 Å². The monoisotopic (exact) mass is 282 g/mol. The van der Waals surface area contributed by atoms with Crippen molar-refractivity contribution >= 4 is 12.0 Å². The highest BCUT2D eigenvalue weighted by atomic mass is 16.4. The lowest BCUT2D eigenvalue weighted by Gasteiger charge is -2.36. The fourth-order valence-corrected chi connectivity index (χ4v) is 2.69. The van der Waals surface area contributed by atoms with E-state index >= 15 is 0 Å². The molecule has 1 rings (SSSR count). The molecule has 5 heteroatoms. The van der Waals surface area contributed by atoms with E-state index in [-0.39, 0.29) is 12.5 Å². The van der Waals surface area contributed by atoms with Gasteiger partial charge in [-0.1, -0.05) is 13.0 Å². The van der Waals surface area contributed by atoms with Gasteiger partial charge in [0.1, 0.15) is 0 Å². The van der Waals surface area contributed by atoms with Crippen molar-refractivity contribution in [3.05, 3.63) is 12.7 Å². The SMILES string of the molecule is C=CCN(CCC)C(=O)N1CCCC(CCC(=O)O)C1. The summed E-state index contributed by atoms with van der Waals surface area (Å²) in [5.74, 6) is -0.441. The maximum atomic E-state index is 12.4. The molecule has 0 bridgehead atoms. The van der Waals surface area contributed by atoms with Crippen LogP contribution >= 0.6 is 0 Å². The Bertz CT molecular complexity index is 344. The summed E-state index contributed by atoms with van der Waals surface area (Å²) in [4.78, 5) is 26.8. The average molecular weight is 282 g/mol. The van der Waals surface area contributed by atoms with E-state index in [1.807, 2.05) is 9.80 Å². The van der Waals surface area contributed by atoms with Crippen molar-refractivity contribution < 1.29 is 14.7 Å². The molecule has 0 radical (unpaired) electrons. The zero-order chi connectivity index (χ0) is 15.0. The predicted molar refractivity (Wildman–Crippen MR) is 78.6 cm³/mol. The fraction of sp³-hybridized carbons (Fsp3) is 0.733. The first kappa shape index (κ1) is 16.5. The average Bonchev–Trinajstić information content (AvgIpc) is 2.44. The quantitative estimate of drug-likeness (QED) is 0.730. The number of carboxylic acid groups (broad SMARTS) is 1. The second-order valence-electron chi connectivity index (χ2n) is 5.40. The van der Waals surface area contributed by atoms with Gasteiger partial charge >= 0.3 is 12.0 Å². The van der Waals surface area contributed by atoms with Crippen molar-refractivity contribution in [2.75, 3.05) is 26.2 Å². The van der Waals surface area contributed by atoms with Crippen LogP contribution in [0.25, 0.3) is 0 Å². The number of carbonyl (C=O) groups excluding carboxylic acids is 1. The largest absolute Gasteiger partial charge is 0.481 e. The summed E-state index contributed by atoms with van der Waals surface area (Å²) in [5.41, 5.74) is 0. The first-order valence-corrected chi connectivity index (χ1v) is 7.45. The standard InChI is InChI=1S/C15H26N2O3/c1-3-9-16(10-4-2)15(20)17-11-5-6-13(12-17)7-8-14(18)19/h3,13H,1,4-12H2,2H3,(H,18,19). The second-order valence-corrected chi connectivity index (χ2v) is 5.40. The summed E-state index contributed by atoms with van der Waals surface area (Å²) < 4.78 is 0.